The van der Waals surface area contributed by atoms with Crippen LogP contribution in [0.3, 0.4) is 0 Å². The third kappa shape index (κ3) is 0.712. The molecule has 0 saturated heterocycles. The summed E-state index contributed by atoms with van der Waals surface area (Å²) in [5.74, 6) is 0. The van der Waals surface area contributed by atoms with Gasteiger partial charge in [-0.3, -0.25) is 0 Å². The van der Waals surface area contributed by atoms with Crippen LogP contribution >= 0.6 is 11.9 Å². The molecule has 2 nitrogen and oxygen atoms in total. The molecule has 0 aromatic rings. The van der Waals surface area contributed by atoms with Crippen LogP contribution in [-0.4, -0.2) is 11.8 Å². The number of hydrogen-bond acceptors (Lipinski definition) is 3. The molecule has 1 aliphatic heterocycles. The minimum Gasteiger partial charge on any atom is -0.181 e. The van der Waals surface area contributed by atoms with Crippen molar-refractivity contribution in [2.24, 2.45) is 9.63 Å². The van der Waals surface area contributed by atoms with E-state index >= 15 is 0 Å². The molecule has 0 aromatic heterocycles. The van der Waals surface area contributed by atoms with Gasteiger partial charge in [-0.1, -0.05) is 0 Å². The van der Waals surface area contributed by atoms with E-state index in [1.807, 2.05) is 0 Å². The molecule has 0 bridgehead atoms. The van der Waals surface area contributed by atoms with E-state index in [2.05, 4.69) is 16.6 Å². The predicted octanol–water partition coefficient (Wildman–Crippen LogP) is 1.49. The van der Waals surface area contributed by atoms with Gasteiger partial charge in [-0.05, 0) is 6.92 Å². The van der Waals surface area contributed by atoms with E-state index in [0.29, 0.717) is 5.25 Å². The Morgan fingerprint density at radius 1 is 1.83 bits per heavy atom. The zero-order valence-corrected chi connectivity index (χ0v) is 4.40. The zero-order valence-electron chi connectivity index (χ0n) is 3.59. The van der Waals surface area contributed by atoms with Gasteiger partial charge in [-0.15, -0.1) is 4.52 Å². The molecule has 3 heteroatoms. The van der Waals surface area contributed by atoms with Gasteiger partial charge in [0.2, 0.25) is 0 Å². The summed E-state index contributed by atoms with van der Waals surface area (Å²) in [5.41, 5.74) is 0. The first-order valence-corrected chi connectivity index (χ1v) is 2.76. The molecule has 34 valence electrons. The lowest BCUT2D eigenvalue weighted by Crippen LogP contribution is -1.91. The van der Waals surface area contributed by atoms with Gasteiger partial charge in [0.05, 0.1) is 6.54 Å². The van der Waals surface area contributed by atoms with Crippen molar-refractivity contribution in [3.63, 3.8) is 0 Å². The van der Waals surface area contributed by atoms with Gasteiger partial charge in [0.1, 0.15) is 0 Å². The first-order chi connectivity index (χ1) is 2.89. The summed E-state index contributed by atoms with van der Waals surface area (Å²) in [7, 11) is 0. The molecular weight excluding hydrogens is 96.1 g/mol. The van der Waals surface area contributed by atoms with Gasteiger partial charge in [-0.2, -0.15) is 5.11 Å². The van der Waals surface area contributed by atoms with Gasteiger partial charge in [-0.25, -0.2) is 0 Å². The number of rotatable bonds is 0. The second kappa shape index (κ2) is 1.60. The summed E-state index contributed by atoms with van der Waals surface area (Å²) in [6.07, 6.45) is 0. The monoisotopic (exact) mass is 102 g/mol. The Hall–Kier alpha value is -0.0500. The van der Waals surface area contributed by atoms with Crippen molar-refractivity contribution in [1.82, 2.24) is 0 Å². The highest BCUT2D eigenvalue weighted by atomic mass is 32.2. The molecule has 0 saturated carbocycles. The molecule has 0 amide bonds. The Balaban J connectivity index is 2.32. The Morgan fingerprint density at radius 3 is 2.83 bits per heavy atom. The largest absolute Gasteiger partial charge is 0.181 e. The normalized spacial score (nSPS) is 31.8. The SMILES string of the molecule is C[C@@H]1CN=NS1. The number of hydrogen-bond donors (Lipinski definition) is 0. The fraction of sp³-hybridized carbons (Fsp3) is 1.00. The van der Waals surface area contributed by atoms with Crippen LogP contribution in [0.4, 0.5) is 0 Å². The van der Waals surface area contributed by atoms with Crippen LogP contribution in [0.25, 0.3) is 0 Å². The van der Waals surface area contributed by atoms with Crippen molar-refractivity contribution in [3.8, 4) is 0 Å². The lowest BCUT2D eigenvalue weighted by Gasteiger charge is -1.86. The molecule has 1 aliphatic rings. The Labute approximate surface area is 41.2 Å². The maximum absolute atomic E-state index is 3.75. The third-order valence-corrected chi connectivity index (χ3v) is 1.34. The van der Waals surface area contributed by atoms with Crippen molar-refractivity contribution in [3.05, 3.63) is 0 Å². The third-order valence-electron chi connectivity index (χ3n) is 0.624. The Morgan fingerprint density at radius 2 is 2.67 bits per heavy atom. The molecule has 0 fully saturated rings. The molecule has 0 radical (unpaired) electrons. The first kappa shape index (κ1) is 4.12. The van der Waals surface area contributed by atoms with Gasteiger partial charge in [0, 0.05) is 17.2 Å². The fourth-order valence-electron chi connectivity index (χ4n) is 0.295. The van der Waals surface area contributed by atoms with Crippen molar-refractivity contribution >= 4 is 11.9 Å². The van der Waals surface area contributed by atoms with E-state index in [4.69, 9.17) is 0 Å². The lowest BCUT2D eigenvalue weighted by atomic mass is 10.5. The summed E-state index contributed by atoms with van der Waals surface area (Å²) < 4.78 is 3.71. The van der Waals surface area contributed by atoms with E-state index in [9.17, 15) is 0 Å². The molecule has 1 heterocycles. The first-order valence-electron chi connectivity index (χ1n) is 1.92. The van der Waals surface area contributed by atoms with Crippen LogP contribution in [-0.2, 0) is 0 Å². The molecule has 0 spiro atoms. The van der Waals surface area contributed by atoms with Crippen LogP contribution in [0.5, 0.6) is 0 Å². The van der Waals surface area contributed by atoms with Crippen molar-refractivity contribution in [2.45, 2.75) is 12.2 Å². The maximum atomic E-state index is 3.75. The summed E-state index contributed by atoms with van der Waals surface area (Å²) >= 11 is 1.56. The maximum Gasteiger partial charge on any atom is 0.0744 e. The quantitative estimate of drug-likeness (QED) is 0.425. The Bertz CT molecular complexity index is 63.2. The summed E-state index contributed by atoms with van der Waals surface area (Å²) in [4.78, 5) is 0. The minimum atomic E-state index is 0.630. The molecule has 0 aromatic carbocycles. The van der Waals surface area contributed by atoms with Crippen LogP contribution < -0.4 is 0 Å². The summed E-state index contributed by atoms with van der Waals surface area (Å²) in [5, 5.41) is 4.38. The van der Waals surface area contributed by atoms with Crippen LogP contribution in [0.2, 0.25) is 0 Å². The molecule has 0 unspecified atom stereocenters. The predicted molar refractivity (Wildman–Crippen MR) is 26.8 cm³/mol. The lowest BCUT2D eigenvalue weighted by molar-refractivity contribution is 0.952. The van der Waals surface area contributed by atoms with E-state index < -0.39 is 0 Å². The van der Waals surface area contributed by atoms with Gasteiger partial charge >= 0.3 is 0 Å². The smallest absolute Gasteiger partial charge is 0.0744 e. The highest BCUT2D eigenvalue weighted by molar-refractivity contribution is 7.98. The molecule has 1 rings (SSSR count). The topological polar surface area (TPSA) is 24.7 Å². The molecule has 1 atom stereocenters. The van der Waals surface area contributed by atoms with Crippen molar-refractivity contribution in [2.75, 3.05) is 6.54 Å². The highest BCUT2D eigenvalue weighted by Crippen LogP contribution is 2.18. The van der Waals surface area contributed by atoms with Crippen LogP contribution in [0.1, 0.15) is 6.92 Å². The Kier molecular flexibility index (Phi) is 1.10. The van der Waals surface area contributed by atoms with E-state index in [1.165, 1.54) is 0 Å². The zero-order chi connectivity index (χ0) is 4.41. The number of nitrogens with zero attached hydrogens (tertiary/aromatic N) is 2. The molecule has 0 aliphatic carbocycles. The second-order valence-electron chi connectivity index (χ2n) is 1.32. The fourth-order valence-corrected chi connectivity index (χ4v) is 0.723. The molecule has 0 N–H and O–H groups in total. The molecular formula is C3H6N2S. The highest BCUT2D eigenvalue weighted by Gasteiger charge is 2.04. The summed E-state index contributed by atoms with van der Waals surface area (Å²) in [6, 6.07) is 0. The average molecular weight is 102 g/mol. The van der Waals surface area contributed by atoms with Gasteiger partial charge in [0.15, 0.2) is 0 Å². The molecule has 6 heavy (non-hydrogen) atoms. The van der Waals surface area contributed by atoms with Crippen molar-refractivity contribution in [1.29, 1.82) is 0 Å². The second-order valence-corrected chi connectivity index (χ2v) is 2.50. The van der Waals surface area contributed by atoms with Crippen LogP contribution in [0.15, 0.2) is 9.63 Å². The van der Waals surface area contributed by atoms with E-state index in [0.717, 1.165) is 6.54 Å². The summed E-state index contributed by atoms with van der Waals surface area (Å²) in [6.45, 7) is 3.02. The minimum absolute atomic E-state index is 0.630. The van der Waals surface area contributed by atoms with Crippen molar-refractivity contribution < 1.29 is 0 Å². The van der Waals surface area contributed by atoms with E-state index in [-0.39, 0.29) is 0 Å². The van der Waals surface area contributed by atoms with Gasteiger partial charge < -0.3 is 0 Å². The van der Waals surface area contributed by atoms with Gasteiger partial charge in [0.25, 0.3) is 0 Å². The van der Waals surface area contributed by atoms with Crippen LogP contribution in [0, 0.1) is 0 Å². The average Bonchev–Trinajstić information content (AvgIpc) is 1.86. The standard InChI is InChI=1S/C3H6N2S/c1-3-2-4-5-6-3/h3H,2H2,1H3/t3-/m1/s1. The van der Waals surface area contributed by atoms with E-state index in [1.54, 1.807) is 11.9 Å².